The van der Waals surface area contributed by atoms with Crippen molar-refractivity contribution in [1.82, 2.24) is 15.2 Å². The molecule has 1 aromatic carbocycles. The normalized spacial score (nSPS) is 12.8. The summed E-state index contributed by atoms with van der Waals surface area (Å²) in [4.78, 5) is 18.8. The first-order valence-corrected chi connectivity index (χ1v) is 13.1. The SMILES string of the molecule is CCCN(CCNCC(C)(F)F)CCC(=O)Nc1cc(NC(/C=C(\N)c2cc(Cl)ccc2F)=C(/N)OC)ccn1. The van der Waals surface area contributed by atoms with E-state index in [-0.39, 0.29) is 41.0 Å². The first-order chi connectivity index (χ1) is 18.9. The molecule has 7 N–H and O–H groups in total. The van der Waals surface area contributed by atoms with Crippen molar-refractivity contribution in [3.8, 4) is 0 Å². The summed E-state index contributed by atoms with van der Waals surface area (Å²) in [7, 11) is 1.37. The van der Waals surface area contributed by atoms with Crippen molar-refractivity contribution in [2.24, 2.45) is 11.5 Å². The average Bonchev–Trinajstić information content (AvgIpc) is 2.89. The lowest BCUT2D eigenvalue weighted by Crippen LogP contribution is -2.38. The number of nitrogens with one attached hydrogen (secondary N) is 3. The van der Waals surface area contributed by atoms with Crippen LogP contribution in [0.5, 0.6) is 0 Å². The number of alkyl halides is 2. The number of benzene rings is 1. The van der Waals surface area contributed by atoms with Crippen molar-refractivity contribution in [3.63, 3.8) is 0 Å². The van der Waals surface area contributed by atoms with Crippen molar-refractivity contribution < 1.29 is 22.7 Å². The van der Waals surface area contributed by atoms with Gasteiger partial charge in [-0.05, 0) is 43.3 Å². The monoisotopic (exact) mass is 583 g/mol. The molecule has 40 heavy (non-hydrogen) atoms. The Morgan fingerprint density at radius 3 is 2.60 bits per heavy atom. The molecule has 0 atom stereocenters. The third kappa shape index (κ3) is 11.7. The second-order valence-electron chi connectivity index (χ2n) is 9.15. The Morgan fingerprint density at radius 2 is 1.93 bits per heavy atom. The maximum Gasteiger partial charge on any atom is 0.257 e. The van der Waals surface area contributed by atoms with Gasteiger partial charge in [-0.1, -0.05) is 18.5 Å². The Labute approximate surface area is 237 Å². The first-order valence-electron chi connectivity index (χ1n) is 12.7. The van der Waals surface area contributed by atoms with Gasteiger partial charge in [-0.2, -0.15) is 0 Å². The molecule has 1 heterocycles. The molecular formula is C27H37ClF3N7O2. The van der Waals surface area contributed by atoms with Gasteiger partial charge in [-0.3, -0.25) is 4.79 Å². The van der Waals surface area contributed by atoms with E-state index < -0.39 is 18.3 Å². The number of allylic oxidation sites excluding steroid dienone is 1. The molecule has 0 bridgehead atoms. The van der Waals surface area contributed by atoms with Crippen LogP contribution in [0.4, 0.5) is 24.7 Å². The predicted molar refractivity (Wildman–Crippen MR) is 153 cm³/mol. The zero-order chi connectivity index (χ0) is 29.7. The van der Waals surface area contributed by atoms with Crippen LogP contribution < -0.4 is 27.4 Å². The van der Waals surface area contributed by atoms with Gasteiger partial charge in [0.2, 0.25) is 11.8 Å². The average molecular weight is 584 g/mol. The molecule has 0 radical (unpaired) electrons. The summed E-state index contributed by atoms with van der Waals surface area (Å²) in [5.74, 6) is -3.31. The van der Waals surface area contributed by atoms with Crippen LogP contribution in [0.1, 0.15) is 32.3 Å². The number of amides is 1. The van der Waals surface area contributed by atoms with Crippen LogP contribution in [0.3, 0.4) is 0 Å². The topological polar surface area (TPSA) is 131 Å². The molecule has 0 saturated heterocycles. The highest BCUT2D eigenvalue weighted by molar-refractivity contribution is 6.30. The van der Waals surface area contributed by atoms with Crippen molar-refractivity contribution >= 4 is 34.7 Å². The lowest BCUT2D eigenvalue weighted by Gasteiger charge is -2.22. The highest BCUT2D eigenvalue weighted by Gasteiger charge is 2.20. The van der Waals surface area contributed by atoms with E-state index in [4.69, 9.17) is 27.8 Å². The number of pyridine rings is 1. The molecule has 9 nitrogen and oxygen atoms in total. The van der Waals surface area contributed by atoms with Crippen molar-refractivity contribution in [2.45, 2.75) is 32.6 Å². The number of hydrogen-bond acceptors (Lipinski definition) is 8. The zero-order valence-electron chi connectivity index (χ0n) is 22.9. The van der Waals surface area contributed by atoms with E-state index in [1.807, 2.05) is 11.8 Å². The number of ether oxygens (including phenoxy) is 1. The summed E-state index contributed by atoms with van der Waals surface area (Å²) < 4.78 is 45.4. The molecule has 220 valence electrons. The van der Waals surface area contributed by atoms with E-state index in [0.717, 1.165) is 19.9 Å². The molecule has 2 rings (SSSR count). The number of methoxy groups -OCH3 is 1. The third-order valence-corrected chi connectivity index (χ3v) is 5.80. The van der Waals surface area contributed by atoms with Gasteiger partial charge >= 0.3 is 0 Å². The van der Waals surface area contributed by atoms with E-state index in [9.17, 15) is 18.0 Å². The molecule has 0 fully saturated rings. The number of hydrogen-bond donors (Lipinski definition) is 5. The highest BCUT2D eigenvalue weighted by atomic mass is 35.5. The highest BCUT2D eigenvalue weighted by Crippen LogP contribution is 2.22. The van der Waals surface area contributed by atoms with E-state index in [2.05, 4.69) is 20.9 Å². The molecule has 0 spiro atoms. The minimum atomic E-state index is -2.77. The molecular weight excluding hydrogens is 547 g/mol. The second kappa shape index (κ2) is 15.9. The second-order valence-corrected chi connectivity index (χ2v) is 9.58. The number of rotatable bonds is 16. The maximum absolute atomic E-state index is 14.3. The summed E-state index contributed by atoms with van der Waals surface area (Å²) in [6.07, 6.45) is 3.95. The molecule has 2 aromatic rings. The van der Waals surface area contributed by atoms with Gasteiger partial charge in [-0.15, -0.1) is 0 Å². The Morgan fingerprint density at radius 1 is 1.18 bits per heavy atom. The summed E-state index contributed by atoms with van der Waals surface area (Å²) in [5.41, 5.74) is 13.0. The van der Waals surface area contributed by atoms with Gasteiger partial charge in [-0.25, -0.2) is 18.2 Å². The van der Waals surface area contributed by atoms with Gasteiger partial charge in [0.25, 0.3) is 5.92 Å². The Bertz CT molecular complexity index is 1190. The van der Waals surface area contributed by atoms with Crippen LogP contribution >= 0.6 is 11.6 Å². The first kappa shape index (κ1) is 32.7. The van der Waals surface area contributed by atoms with Crippen LogP contribution in [0, 0.1) is 5.82 Å². The molecule has 0 unspecified atom stereocenters. The number of nitrogens with zero attached hydrogens (tertiary/aromatic N) is 2. The fraction of sp³-hybridized carbons (Fsp3) is 0.407. The number of carbonyl (C=O) groups is 1. The predicted octanol–water partition coefficient (Wildman–Crippen LogP) is 4.35. The quantitative estimate of drug-likeness (QED) is 0.112. The van der Waals surface area contributed by atoms with E-state index in [0.29, 0.717) is 30.3 Å². The van der Waals surface area contributed by atoms with Crippen LogP contribution in [0.2, 0.25) is 5.02 Å². The van der Waals surface area contributed by atoms with Gasteiger partial charge in [0.05, 0.1) is 13.7 Å². The molecule has 13 heteroatoms. The van der Waals surface area contributed by atoms with E-state index in [1.165, 1.54) is 37.6 Å². The van der Waals surface area contributed by atoms with E-state index in [1.54, 1.807) is 12.1 Å². The maximum atomic E-state index is 14.3. The Balaban J connectivity index is 2.03. The van der Waals surface area contributed by atoms with Gasteiger partial charge in [0, 0.05) is 67.2 Å². The van der Waals surface area contributed by atoms with Crippen molar-refractivity contribution in [3.05, 3.63) is 70.6 Å². The summed E-state index contributed by atoms with van der Waals surface area (Å²) >= 11 is 5.98. The summed E-state index contributed by atoms with van der Waals surface area (Å²) in [6.45, 7) is 4.62. The molecule has 0 aliphatic heterocycles. The van der Waals surface area contributed by atoms with Crippen molar-refractivity contribution in [2.75, 3.05) is 50.5 Å². The number of nitrogens with two attached hydrogens (primary N) is 2. The van der Waals surface area contributed by atoms with Crippen LogP contribution in [0.15, 0.2) is 54.2 Å². The molecule has 1 amide bonds. The summed E-state index contributed by atoms with van der Waals surface area (Å²) in [5, 5.41) is 8.84. The minimum absolute atomic E-state index is 0.0130. The van der Waals surface area contributed by atoms with Crippen LogP contribution in [-0.4, -0.2) is 61.5 Å². The Kier molecular flexibility index (Phi) is 13.0. The fourth-order valence-corrected chi connectivity index (χ4v) is 3.80. The fourth-order valence-electron chi connectivity index (χ4n) is 3.62. The van der Waals surface area contributed by atoms with Crippen LogP contribution in [0.25, 0.3) is 5.70 Å². The number of halogens is 4. The molecule has 0 aliphatic rings. The zero-order valence-corrected chi connectivity index (χ0v) is 23.6. The molecule has 1 aromatic heterocycles. The largest absolute Gasteiger partial charge is 0.481 e. The lowest BCUT2D eigenvalue weighted by molar-refractivity contribution is -0.116. The van der Waals surface area contributed by atoms with Gasteiger partial charge in [0.15, 0.2) is 0 Å². The summed E-state index contributed by atoms with van der Waals surface area (Å²) in [6, 6.07) is 7.24. The smallest absolute Gasteiger partial charge is 0.257 e. The number of aromatic nitrogens is 1. The third-order valence-electron chi connectivity index (χ3n) is 5.57. The van der Waals surface area contributed by atoms with Gasteiger partial charge in [0.1, 0.15) is 17.3 Å². The lowest BCUT2D eigenvalue weighted by atomic mass is 10.1. The molecule has 0 saturated carbocycles. The van der Waals surface area contributed by atoms with Crippen molar-refractivity contribution in [1.29, 1.82) is 0 Å². The van der Waals surface area contributed by atoms with Gasteiger partial charge < -0.3 is 37.1 Å². The Hall–Kier alpha value is -3.48. The standard InChI is InChI=1S/C27H37ClF3N7O2/c1-4-11-38(13-10-34-17-27(2,30)31)12-8-25(39)37-24-15-19(7-9-35-24)36-23(26(33)40-3)16-22(32)20-14-18(28)5-6-21(20)29/h5-7,9,14-16,34H,4,8,10-13,17,32-33H2,1-3H3,(H2,35,36,37,39)/b22-16-,26-23-. The minimum Gasteiger partial charge on any atom is -0.481 e. The van der Waals surface area contributed by atoms with Crippen LogP contribution in [-0.2, 0) is 9.53 Å². The molecule has 0 aliphatic carbocycles. The van der Waals surface area contributed by atoms with E-state index >= 15 is 0 Å². The number of anilines is 2. The number of carbonyl (C=O) groups excluding carboxylic acids is 1.